The molecule has 0 amide bonds. The first kappa shape index (κ1) is 15.4. The molecule has 8 heteroatoms. The van der Waals surface area contributed by atoms with E-state index in [0.29, 0.717) is 8.81 Å². The fourth-order valence-corrected chi connectivity index (χ4v) is 4.80. The van der Waals surface area contributed by atoms with E-state index in [0.717, 1.165) is 11.3 Å². The van der Waals surface area contributed by atoms with Crippen molar-refractivity contribution in [2.24, 2.45) is 5.92 Å². The SMILES string of the molecule is CC(CO)C(C)NS(=O)(=O)c1cc(Cl)c(Br)s1. The zero-order chi connectivity index (χ0) is 13.2. The van der Waals surface area contributed by atoms with E-state index < -0.39 is 10.0 Å². The minimum atomic E-state index is -3.57. The van der Waals surface area contributed by atoms with E-state index in [-0.39, 0.29) is 22.8 Å². The lowest BCUT2D eigenvalue weighted by molar-refractivity contribution is 0.216. The van der Waals surface area contributed by atoms with E-state index in [1.807, 2.05) is 0 Å². The zero-order valence-corrected chi connectivity index (χ0v) is 13.3. The number of hydrogen-bond acceptors (Lipinski definition) is 4. The Kier molecular flexibility index (Phi) is 5.42. The van der Waals surface area contributed by atoms with Crippen molar-refractivity contribution in [2.45, 2.75) is 24.1 Å². The van der Waals surface area contributed by atoms with Gasteiger partial charge in [0.25, 0.3) is 0 Å². The Balaban J connectivity index is 2.89. The Hall–Kier alpha value is 0.340. The van der Waals surface area contributed by atoms with Crippen molar-refractivity contribution < 1.29 is 13.5 Å². The zero-order valence-electron chi connectivity index (χ0n) is 9.28. The predicted molar refractivity (Wildman–Crippen MR) is 73.1 cm³/mol. The molecule has 2 unspecified atom stereocenters. The molecule has 0 fully saturated rings. The normalized spacial score (nSPS) is 15.8. The van der Waals surface area contributed by atoms with E-state index in [2.05, 4.69) is 20.7 Å². The van der Waals surface area contributed by atoms with Crippen molar-refractivity contribution in [3.05, 3.63) is 14.9 Å². The van der Waals surface area contributed by atoms with Crippen LogP contribution in [0.3, 0.4) is 0 Å². The van der Waals surface area contributed by atoms with Crippen LogP contribution in [0.2, 0.25) is 5.02 Å². The lowest BCUT2D eigenvalue weighted by Crippen LogP contribution is -2.37. The van der Waals surface area contributed by atoms with Crippen LogP contribution in [0, 0.1) is 5.92 Å². The molecule has 1 aromatic rings. The van der Waals surface area contributed by atoms with Crippen LogP contribution in [0.15, 0.2) is 14.1 Å². The van der Waals surface area contributed by atoms with Gasteiger partial charge in [0.05, 0.1) is 8.81 Å². The van der Waals surface area contributed by atoms with E-state index in [1.54, 1.807) is 13.8 Å². The molecule has 2 N–H and O–H groups in total. The molecule has 0 bridgehead atoms. The molecule has 0 radical (unpaired) electrons. The molecule has 0 aliphatic heterocycles. The molecule has 0 saturated carbocycles. The van der Waals surface area contributed by atoms with Gasteiger partial charge < -0.3 is 5.11 Å². The maximum atomic E-state index is 12.0. The summed E-state index contributed by atoms with van der Waals surface area (Å²) in [4.78, 5) is 0. The van der Waals surface area contributed by atoms with Crippen LogP contribution < -0.4 is 4.72 Å². The second kappa shape index (κ2) is 5.99. The highest BCUT2D eigenvalue weighted by molar-refractivity contribution is 9.11. The quantitative estimate of drug-likeness (QED) is 0.845. The van der Waals surface area contributed by atoms with Crippen molar-refractivity contribution in [3.8, 4) is 0 Å². The van der Waals surface area contributed by atoms with Gasteiger partial charge in [-0.05, 0) is 34.8 Å². The van der Waals surface area contributed by atoms with Crippen molar-refractivity contribution in [2.75, 3.05) is 6.61 Å². The smallest absolute Gasteiger partial charge is 0.250 e. The molecule has 1 aromatic heterocycles. The van der Waals surface area contributed by atoms with E-state index in [1.165, 1.54) is 6.07 Å². The summed E-state index contributed by atoms with van der Waals surface area (Å²) >= 11 is 10.0. The average molecular weight is 363 g/mol. The van der Waals surface area contributed by atoms with Gasteiger partial charge in [0, 0.05) is 12.6 Å². The van der Waals surface area contributed by atoms with Crippen LogP contribution >= 0.6 is 38.9 Å². The van der Waals surface area contributed by atoms with Crippen molar-refractivity contribution in [3.63, 3.8) is 0 Å². The summed E-state index contributed by atoms with van der Waals surface area (Å²) in [5.74, 6) is -0.149. The second-order valence-corrected chi connectivity index (χ2v) is 8.48. The Morgan fingerprint density at radius 3 is 2.59 bits per heavy atom. The van der Waals surface area contributed by atoms with Crippen LogP contribution in [-0.2, 0) is 10.0 Å². The summed E-state index contributed by atoms with van der Waals surface area (Å²) < 4.78 is 27.2. The van der Waals surface area contributed by atoms with Gasteiger partial charge in [0.2, 0.25) is 10.0 Å². The Bertz CT molecular complexity index is 469. The fourth-order valence-electron chi connectivity index (χ4n) is 1.04. The Morgan fingerprint density at radius 2 is 2.18 bits per heavy atom. The highest BCUT2D eigenvalue weighted by Gasteiger charge is 2.23. The highest BCUT2D eigenvalue weighted by Crippen LogP contribution is 2.34. The Labute approximate surface area is 118 Å². The number of sulfonamides is 1. The van der Waals surface area contributed by atoms with Crippen molar-refractivity contribution >= 4 is 48.9 Å². The molecule has 0 aliphatic rings. The van der Waals surface area contributed by atoms with Crippen molar-refractivity contribution in [1.82, 2.24) is 4.72 Å². The monoisotopic (exact) mass is 361 g/mol. The van der Waals surface area contributed by atoms with Gasteiger partial charge in [-0.3, -0.25) is 0 Å². The van der Waals surface area contributed by atoms with Crippen LogP contribution in [0.25, 0.3) is 0 Å². The second-order valence-electron chi connectivity index (χ2n) is 3.76. The molecule has 17 heavy (non-hydrogen) atoms. The molecule has 0 aromatic carbocycles. The van der Waals surface area contributed by atoms with Crippen LogP contribution in [0.1, 0.15) is 13.8 Å². The van der Waals surface area contributed by atoms with Gasteiger partial charge in [-0.25, -0.2) is 13.1 Å². The van der Waals surface area contributed by atoms with Gasteiger partial charge in [0.15, 0.2) is 0 Å². The summed E-state index contributed by atoms with van der Waals surface area (Å²) in [6, 6.07) is 1.05. The summed E-state index contributed by atoms with van der Waals surface area (Å²) in [6.45, 7) is 3.41. The standard InChI is InChI=1S/C9H13BrClNO3S2/c1-5(4-13)6(2)12-17(14,15)8-3-7(11)9(10)16-8/h3,5-6,12-13H,4H2,1-2H3. The molecular weight excluding hydrogens is 350 g/mol. The fraction of sp³-hybridized carbons (Fsp3) is 0.556. The molecular formula is C9H13BrClNO3S2. The molecule has 98 valence electrons. The van der Waals surface area contributed by atoms with Crippen LogP contribution in [-0.4, -0.2) is 26.2 Å². The third kappa shape index (κ3) is 3.90. The van der Waals surface area contributed by atoms with Gasteiger partial charge in [-0.2, -0.15) is 0 Å². The first-order valence-electron chi connectivity index (χ1n) is 4.86. The number of hydrogen-bond donors (Lipinski definition) is 2. The molecule has 0 spiro atoms. The maximum absolute atomic E-state index is 12.0. The largest absolute Gasteiger partial charge is 0.396 e. The number of rotatable bonds is 5. The van der Waals surface area contributed by atoms with Gasteiger partial charge in [-0.15, -0.1) is 11.3 Å². The maximum Gasteiger partial charge on any atom is 0.250 e. The van der Waals surface area contributed by atoms with E-state index >= 15 is 0 Å². The van der Waals surface area contributed by atoms with E-state index in [9.17, 15) is 8.42 Å². The highest BCUT2D eigenvalue weighted by atomic mass is 79.9. The molecule has 0 saturated heterocycles. The lowest BCUT2D eigenvalue weighted by Gasteiger charge is -2.18. The minimum absolute atomic E-state index is 0.0709. The lowest BCUT2D eigenvalue weighted by atomic mass is 10.1. The topological polar surface area (TPSA) is 66.4 Å². The third-order valence-electron chi connectivity index (χ3n) is 2.37. The van der Waals surface area contributed by atoms with Gasteiger partial charge in [0.1, 0.15) is 4.21 Å². The van der Waals surface area contributed by atoms with Crippen LogP contribution in [0.5, 0.6) is 0 Å². The Morgan fingerprint density at radius 1 is 1.59 bits per heavy atom. The first-order valence-corrected chi connectivity index (χ1v) is 8.33. The van der Waals surface area contributed by atoms with Crippen molar-refractivity contribution in [1.29, 1.82) is 0 Å². The summed E-state index contributed by atoms with van der Waals surface area (Å²) in [7, 11) is -3.57. The summed E-state index contributed by atoms with van der Waals surface area (Å²) in [5, 5.41) is 9.33. The third-order valence-corrected chi connectivity index (χ3v) is 6.88. The van der Waals surface area contributed by atoms with E-state index in [4.69, 9.17) is 16.7 Å². The number of halogens is 2. The van der Waals surface area contributed by atoms with Crippen LogP contribution in [0.4, 0.5) is 0 Å². The summed E-state index contributed by atoms with van der Waals surface area (Å²) in [6.07, 6.45) is 0. The molecule has 1 rings (SSSR count). The molecule has 2 atom stereocenters. The molecule has 1 heterocycles. The van der Waals surface area contributed by atoms with Gasteiger partial charge in [-0.1, -0.05) is 18.5 Å². The number of nitrogens with one attached hydrogen (secondary N) is 1. The number of aliphatic hydroxyl groups excluding tert-OH is 1. The molecule has 0 aliphatic carbocycles. The first-order chi connectivity index (χ1) is 7.77. The minimum Gasteiger partial charge on any atom is -0.396 e. The predicted octanol–water partition coefficient (Wildman–Crippen LogP) is 2.46. The number of thiophene rings is 1. The molecule has 4 nitrogen and oxygen atoms in total. The number of aliphatic hydroxyl groups is 1. The average Bonchev–Trinajstić information content (AvgIpc) is 2.58. The summed E-state index contributed by atoms with van der Waals surface area (Å²) in [5.41, 5.74) is 0. The van der Waals surface area contributed by atoms with Gasteiger partial charge >= 0.3 is 0 Å².